The van der Waals surface area contributed by atoms with Gasteiger partial charge in [0.1, 0.15) is 11.9 Å². The lowest BCUT2D eigenvalue weighted by Gasteiger charge is -2.28. The van der Waals surface area contributed by atoms with E-state index in [0.717, 1.165) is 0 Å². The van der Waals surface area contributed by atoms with Crippen LogP contribution in [0.15, 0.2) is 22.7 Å². The molecule has 0 aromatic heterocycles. The molecule has 0 amide bonds. The summed E-state index contributed by atoms with van der Waals surface area (Å²) >= 11 is 3.14. The zero-order valence-corrected chi connectivity index (χ0v) is 10.2. The number of halogens is 2. The van der Waals surface area contributed by atoms with Gasteiger partial charge in [0, 0.05) is 5.56 Å². The molecule has 1 heterocycles. The van der Waals surface area contributed by atoms with Crippen LogP contribution in [0.5, 0.6) is 0 Å². The predicted molar refractivity (Wildman–Crippen MR) is 61.6 cm³/mol. The first-order valence-corrected chi connectivity index (χ1v) is 5.88. The van der Waals surface area contributed by atoms with E-state index in [1.165, 1.54) is 0 Å². The van der Waals surface area contributed by atoms with Gasteiger partial charge < -0.3 is 15.2 Å². The molecule has 0 radical (unpaired) electrons. The van der Waals surface area contributed by atoms with E-state index in [2.05, 4.69) is 15.9 Å². The quantitative estimate of drug-likeness (QED) is 0.906. The minimum absolute atomic E-state index is 0.280. The Labute approximate surface area is 102 Å². The summed E-state index contributed by atoms with van der Waals surface area (Å²) in [4.78, 5) is 0. The number of hydrogen-bond acceptors (Lipinski definition) is 3. The zero-order chi connectivity index (χ0) is 11.5. The number of hydrogen-bond donors (Lipinski definition) is 1. The van der Waals surface area contributed by atoms with Crippen molar-refractivity contribution in [1.82, 2.24) is 0 Å². The van der Waals surface area contributed by atoms with Gasteiger partial charge in [0.25, 0.3) is 0 Å². The van der Waals surface area contributed by atoms with Gasteiger partial charge in [-0.1, -0.05) is 12.1 Å². The van der Waals surface area contributed by atoms with E-state index in [1.54, 1.807) is 18.2 Å². The highest BCUT2D eigenvalue weighted by Crippen LogP contribution is 2.26. The second kappa shape index (κ2) is 5.23. The fraction of sp³-hybridized carbons (Fsp3) is 0.455. The minimum atomic E-state index is -0.502. The third-order valence-corrected chi connectivity index (χ3v) is 3.20. The van der Waals surface area contributed by atoms with Gasteiger partial charge in [-0.2, -0.15) is 0 Å². The number of benzene rings is 1. The first-order chi connectivity index (χ1) is 7.70. The van der Waals surface area contributed by atoms with Crippen molar-refractivity contribution in [2.75, 3.05) is 19.8 Å². The molecule has 0 aliphatic carbocycles. The molecule has 1 aliphatic heterocycles. The molecular formula is C11H13BrFNO2. The Morgan fingerprint density at radius 1 is 1.44 bits per heavy atom. The maximum atomic E-state index is 13.8. The molecule has 2 N–H and O–H groups in total. The summed E-state index contributed by atoms with van der Waals surface area (Å²) in [6.45, 7) is 1.49. The monoisotopic (exact) mass is 289 g/mol. The first-order valence-electron chi connectivity index (χ1n) is 5.09. The largest absolute Gasteiger partial charge is 0.376 e. The van der Waals surface area contributed by atoms with Crippen molar-refractivity contribution in [1.29, 1.82) is 0 Å². The lowest BCUT2D eigenvalue weighted by atomic mass is 10.0. The molecule has 3 nitrogen and oxygen atoms in total. The molecule has 2 rings (SSSR count). The molecule has 2 unspecified atom stereocenters. The van der Waals surface area contributed by atoms with Gasteiger partial charge in [0.15, 0.2) is 0 Å². The van der Waals surface area contributed by atoms with Crippen LogP contribution >= 0.6 is 15.9 Å². The van der Waals surface area contributed by atoms with Crippen LogP contribution < -0.4 is 5.73 Å². The van der Waals surface area contributed by atoms with Crippen molar-refractivity contribution < 1.29 is 13.9 Å². The molecule has 2 atom stereocenters. The number of rotatable bonds is 2. The highest BCUT2D eigenvalue weighted by molar-refractivity contribution is 9.10. The summed E-state index contributed by atoms with van der Waals surface area (Å²) in [5, 5.41) is 0. The second-order valence-corrected chi connectivity index (χ2v) is 4.51. The summed E-state index contributed by atoms with van der Waals surface area (Å²) in [6, 6.07) is 4.57. The molecule has 1 fully saturated rings. The van der Waals surface area contributed by atoms with Crippen LogP contribution in [0.25, 0.3) is 0 Å². The average molecular weight is 290 g/mol. The average Bonchev–Trinajstić information content (AvgIpc) is 2.33. The van der Waals surface area contributed by atoms with Crippen LogP contribution in [0.1, 0.15) is 11.6 Å². The SMILES string of the molecule is NC(c1cccc(Br)c1F)C1COCCO1. The summed E-state index contributed by atoms with van der Waals surface area (Å²) < 4.78 is 24.9. The van der Waals surface area contributed by atoms with Crippen LogP contribution in [0.4, 0.5) is 4.39 Å². The predicted octanol–water partition coefficient (Wildman–Crippen LogP) is 2.00. The Bertz CT molecular complexity index is 369. The van der Waals surface area contributed by atoms with Crippen LogP contribution in [0.2, 0.25) is 0 Å². The molecule has 0 bridgehead atoms. The van der Waals surface area contributed by atoms with Gasteiger partial charge in [-0.05, 0) is 22.0 Å². The van der Waals surface area contributed by atoms with Gasteiger partial charge >= 0.3 is 0 Å². The molecule has 5 heteroatoms. The van der Waals surface area contributed by atoms with Crippen molar-refractivity contribution in [3.8, 4) is 0 Å². The standard InChI is InChI=1S/C11H13BrFNO2/c12-8-3-1-2-7(10(8)13)11(14)9-6-15-4-5-16-9/h1-3,9,11H,4-6,14H2. The summed E-state index contributed by atoms with van der Waals surface area (Å²) in [5.74, 6) is -0.329. The van der Waals surface area contributed by atoms with Gasteiger partial charge in [-0.15, -0.1) is 0 Å². The third-order valence-electron chi connectivity index (χ3n) is 2.58. The van der Waals surface area contributed by atoms with Crippen molar-refractivity contribution in [3.05, 3.63) is 34.1 Å². The molecule has 1 aromatic carbocycles. The fourth-order valence-corrected chi connectivity index (χ4v) is 2.07. The Morgan fingerprint density at radius 2 is 2.25 bits per heavy atom. The molecule has 0 saturated carbocycles. The molecule has 1 saturated heterocycles. The van der Waals surface area contributed by atoms with E-state index in [-0.39, 0.29) is 11.9 Å². The lowest BCUT2D eigenvalue weighted by Crippen LogP contribution is -2.38. The lowest BCUT2D eigenvalue weighted by molar-refractivity contribution is -0.0978. The minimum Gasteiger partial charge on any atom is -0.376 e. The molecule has 1 aromatic rings. The van der Waals surface area contributed by atoms with E-state index >= 15 is 0 Å². The van der Waals surface area contributed by atoms with E-state index in [9.17, 15) is 4.39 Å². The molecule has 0 spiro atoms. The van der Waals surface area contributed by atoms with Gasteiger partial charge in [0.2, 0.25) is 0 Å². The number of ether oxygens (including phenoxy) is 2. The first kappa shape index (κ1) is 12.0. The summed E-state index contributed by atoms with van der Waals surface area (Å²) in [7, 11) is 0. The Hall–Kier alpha value is -0.490. The third kappa shape index (κ3) is 2.43. The van der Waals surface area contributed by atoms with Gasteiger partial charge in [-0.25, -0.2) is 4.39 Å². The van der Waals surface area contributed by atoms with Crippen LogP contribution in [0.3, 0.4) is 0 Å². The van der Waals surface area contributed by atoms with Gasteiger partial charge in [0.05, 0.1) is 30.3 Å². The zero-order valence-electron chi connectivity index (χ0n) is 8.66. The summed E-state index contributed by atoms with van der Waals surface area (Å²) in [5.41, 5.74) is 6.42. The smallest absolute Gasteiger partial charge is 0.142 e. The Balaban J connectivity index is 2.19. The Morgan fingerprint density at radius 3 is 2.94 bits per heavy atom. The Kier molecular flexibility index (Phi) is 3.91. The maximum Gasteiger partial charge on any atom is 0.142 e. The molecule has 16 heavy (non-hydrogen) atoms. The van der Waals surface area contributed by atoms with Crippen molar-refractivity contribution in [2.45, 2.75) is 12.1 Å². The van der Waals surface area contributed by atoms with Crippen molar-refractivity contribution in [2.24, 2.45) is 5.73 Å². The topological polar surface area (TPSA) is 44.5 Å². The normalized spacial score (nSPS) is 23.1. The van der Waals surface area contributed by atoms with Crippen LogP contribution in [-0.4, -0.2) is 25.9 Å². The van der Waals surface area contributed by atoms with Crippen molar-refractivity contribution in [3.63, 3.8) is 0 Å². The van der Waals surface area contributed by atoms with E-state index in [0.29, 0.717) is 29.9 Å². The molecule has 88 valence electrons. The number of nitrogens with two attached hydrogens (primary N) is 1. The van der Waals surface area contributed by atoms with E-state index in [1.807, 2.05) is 0 Å². The highest BCUT2D eigenvalue weighted by atomic mass is 79.9. The maximum absolute atomic E-state index is 13.8. The van der Waals surface area contributed by atoms with E-state index < -0.39 is 6.04 Å². The summed E-state index contributed by atoms with van der Waals surface area (Å²) in [6.07, 6.45) is -0.280. The second-order valence-electron chi connectivity index (χ2n) is 3.65. The molecule has 1 aliphatic rings. The van der Waals surface area contributed by atoms with E-state index in [4.69, 9.17) is 15.2 Å². The highest BCUT2D eigenvalue weighted by Gasteiger charge is 2.25. The van der Waals surface area contributed by atoms with Crippen LogP contribution in [0, 0.1) is 5.82 Å². The molecular weight excluding hydrogens is 277 g/mol. The van der Waals surface area contributed by atoms with Crippen molar-refractivity contribution >= 4 is 15.9 Å². The fourth-order valence-electron chi connectivity index (χ4n) is 1.69. The van der Waals surface area contributed by atoms with Gasteiger partial charge in [-0.3, -0.25) is 0 Å². The van der Waals surface area contributed by atoms with Crippen LogP contribution in [-0.2, 0) is 9.47 Å².